The Morgan fingerprint density at radius 1 is 1.25 bits per heavy atom. The Balaban J connectivity index is 2.98. The smallest absolute Gasteiger partial charge is 0.411 e. The van der Waals surface area contributed by atoms with E-state index in [9.17, 15) is 4.79 Å². The van der Waals surface area contributed by atoms with Crippen molar-refractivity contribution in [2.24, 2.45) is 0 Å². The molecule has 0 aliphatic heterocycles. The van der Waals surface area contributed by atoms with E-state index in [4.69, 9.17) is 9.47 Å². The second kappa shape index (κ2) is 9.16. The molecule has 1 aromatic carbocycles. The fraction of sp³-hybridized carbons (Fsp3) is 0.450. The number of hydrogen-bond acceptors (Lipinski definition) is 3. The molecule has 1 atom stereocenters. The molecule has 0 N–H and O–H groups in total. The minimum atomic E-state index is -0.542. The van der Waals surface area contributed by atoms with Crippen LogP contribution in [0.4, 0.5) is 4.79 Å². The Morgan fingerprint density at radius 2 is 1.88 bits per heavy atom. The number of rotatable bonds is 8. The molecule has 1 amide bonds. The van der Waals surface area contributed by atoms with E-state index in [0.717, 1.165) is 24.2 Å². The molecule has 0 spiro atoms. The Labute approximate surface area is 145 Å². The van der Waals surface area contributed by atoms with Crippen LogP contribution in [0.25, 0.3) is 0 Å². The SMILES string of the molecule is C=CCC[C@@H](C=C)N(Cc1ccc(OC)cc1)C(=O)OC(C)(C)C. The quantitative estimate of drug-likeness (QED) is 0.632. The van der Waals surface area contributed by atoms with Crippen molar-refractivity contribution in [1.29, 1.82) is 0 Å². The Morgan fingerprint density at radius 3 is 2.33 bits per heavy atom. The van der Waals surface area contributed by atoms with E-state index in [1.807, 2.05) is 51.1 Å². The van der Waals surface area contributed by atoms with E-state index < -0.39 is 5.60 Å². The molecule has 1 aromatic rings. The predicted molar refractivity (Wildman–Crippen MR) is 98.2 cm³/mol. The van der Waals surface area contributed by atoms with E-state index >= 15 is 0 Å². The maximum absolute atomic E-state index is 12.7. The molecular formula is C20H29NO3. The van der Waals surface area contributed by atoms with Crippen LogP contribution in [0.5, 0.6) is 5.75 Å². The molecule has 0 saturated carbocycles. The number of amides is 1. The van der Waals surface area contributed by atoms with Crippen LogP contribution in [-0.4, -0.2) is 29.7 Å². The highest BCUT2D eigenvalue weighted by molar-refractivity contribution is 5.69. The lowest BCUT2D eigenvalue weighted by Crippen LogP contribution is -2.42. The van der Waals surface area contributed by atoms with Crippen LogP contribution < -0.4 is 4.74 Å². The molecule has 0 aliphatic rings. The molecule has 0 aromatic heterocycles. The first kappa shape index (κ1) is 19.8. The summed E-state index contributed by atoms with van der Waals surface area (Å²) in [5, 5.41) is 0. The van der Waals surface area contributed by atoms with Gasteiger partial charge in [0.25, 0.3) is 0 Å². The zero-order valence-corrected chi connectivity index (χ0v) is 15.2. The highest BCUT2D eigenvalue weighted by Gasteiger charge is 2.26. The van der Waals surface area contributed by atoms with Crippen molar-refractivity contribution in [1.82, 2.24) is 4.90 Å². The van der Waals surface area contributed by atoms with Gasteiger partial charge in [-0.1, -0.05) is 24.3 Å². The van der Waals surface area contributed by atoms with Gasteiger partial charge < -0.3 is 9.47 Å². The van der Waals surface area contributed by atoms with E-state index in [2.05, 4.69) is 13.2 Å². The summed E-state index contributed by atoms with van der Waals surface area (Å²) in [6.45, 7) is 13.7. The number of benzene rings is 1. The fourth-order valence-electron chi connectivity index (χ4n) is 2.25. The van der Waals surface area contributed by atoms with Crippen molar-refractivity contribution in [2.75, 3.05) is 7.11 Å². The molecule has 0 radical (unpaired) electrons. The minimum Gasteiger partial charge on any atom is -0.497 e. The molecule has 1 rings (SSSR count). The standard InChI is InChI=1S/C20H29NO3/c1-7-9-10-17(8-2)21(19(22)24-20(3,4)5)15-16-11-13-18(23-6)14-12-16/h7-8,11-14,17H,1-2,9-10,15H2,3-6H3/t17-/m1/s1. The topological polar surface area (TPSA) is 38.8 Å². The minimum absolute atomic E-state index is 0.111. The zero-order valence-electron chi connectivity index (χ0n) is 15.2. The summed E-state index contributed by atoms with van der Waals surface area (Å²) in [4.78, 5) is 14.4. The third kappa shape index (κ3) is 6.49. The van der Waals surface area contributed by atoms with Gasteiger partial charge in [-0.05, 0) is 51.3 Å². The van der Waals surface area contributed by atoms with Crippen LogP contribution in [-0.2, 0) is 11.3 Å². The molecule has 0 fully saturated rings. The number of hydrogen-bond donors (Lipinski definition) is 0. The average Bonchev–Trinajstić information content (AvgIpc) is 2.53. The van der Waals surface area contributed by atoms with Gasteiger partial charge in [0.15, 0.2) is 0 Å². The van der Waals surface area contributed by atoms with Gasteiger partial charge >= 0.3 is 6.09 Å². The number of ether oxygens (including phenoxy) is 2. The molecule has 0 aliphatic carbocycles. The van der Waals surface area contributed by atoms with Crippen LogP contribution in [0.15, 0.2) is 49.6 Å². The monoisotopic (exact) mass is 331 g/mol. The summed E-state index contributed by atoms with van der Waals surface area (Å²) in [6.07, 6.45) is 4.86. The molecule has 0 saturated heterocycles. The first-order valence-electron chi connectivity index (χ1n) is 8.16. The highest BCUT2D eigenvalue weighted by Crippen LogP contribution is 2.20. The van der Waals surface area contributed by atoms with Crippen LogP contribution in [0.1, 0.15) is 39.2 Å². The normalized spacial score (nSPS) is 12.2. The molecule has 0 bridgehead atoms. The van der Waals surface area contributed by atoms with Crippen molar-refractivity contribution in [3.05, 3.63) is 55.1 Å². The van der Waals surface area contributed by atoms with E-state index in [0.29, 0.717) is 6.54 Å². The second-order valence-electron chi connectivity index (χ2n) is 6.63. The maximum atomic E-state index is 12.7. The predicted octanol–water partition coefficient (Wildman–Crippen LogP) is 4.95. The van der Waals surface area contributed by atoms with Crippen LogP contribution >= 0.6 is 0 Å². The number of allylic oxidation sites excluding steroid dienone is 1. The summed E-state index contributed by atoms with van der Waals surface area (Å²) >= 11 is 0. The third-order valence-corrected chi connectivity index (χ3v) is 3.48. The van der Waals surface area contributed by atoms with Gasteiger partial charge in [0.05, 0.1) is 13.2 Å². The van der Waals surface area contributed by atoms with Gasteiger partial charge in [-0.15, -0.1) is 13.2 Å². The second-order valence-corrected chi connectivity index (χ2v) is 6.63. The van der Waals surface area contributed by atoms with Crippen molar-refractivity contribution in [3.8, 4) is 5.75 Å². The summed E-state index contributed by atoms with van der Waals surface area (Å²) in [5.41, 5.74) is 0.464. The summed E-state index contributed by atoms with van der Waals surface area (Å²) in [6, 6.07) is 7.55. The number of nitrogens with zero attached hydrogens (tertiary/aromatic N) is 1. The van der Waals surface area contributed by atoms with Gasteiger partial charge in [0.1, 0.15) is 11.4 Å². The summed E-state index contributed by atoms with van der Waals surface area (Å²) in [7, 11) is 1.63. The van der Waals surface area contributed by atoms with Gasteiger partial charge in [-0.25, -0.2) is 4.79 Å². The number of carbonyl (C=O) groups is 1. The Bertz CT molecular complexity index is 543. The fourth-order valence-corrected chi connectivity index (χ4v) is 2.25. The lowest BCUT2D eigenvalue weighted by atomic mass is 10.1. The average molecular weight is 331 g/mol. The van der Waals surface area contributed by atoms with Crippen LogP contribution in [0.3, 0.4) is 0 Å². The highest BCUT2D eigenvalue weighted by atomic mass is 16.6. The zero-order chi connectivity index (χ0) is 18.2. The molecule has 24 heavy (non-hydrogen) atoms. The third-order valence-electron chi connectivity index (χ3n) is 3.48. The molecular weight excluding hydrogens is 302 g/mol. The summed E-state index contributed by atoms with van der Waals surface area (Å²) in [5.74, 6) is 0.787. The molecule has 132 valence electrons. The van der Waals surface area contributed by atoms with E-state index in [1.54, 1.807) is 18.1 Å². The number of methoxy groups -OCH3 is 1. The first-order valence-corrected chi connectivity index (χ1v) is 8.16. The van der Waals surface area contributed by atoms with Crippen LogP contribution in [0.2, 0.25) is 0 Å². The lowest BCUT2D eigenvalue weighted by Gasteiger charge is -2.32. The lowest BCUT2D eigenvalue weighted by molar-refractivity contribution is 0.0174. The molecule has 0 unspecified atom stereocenters. The number of carbonyl (C=O) groups excluding carboxylic acids is 1. The molecule has 4 heteroatoms. The Hall–Kier alpha value is -2.23. The van der Waals surface area contributed by atoms with Crippen molar-refractivity contribution < 1.29 is 14.3 Å². The van der Waals surface area contributed by atoms with Crippen molar-refractivity contribution >= 4 is 6.09 Å². The van der Waals surface area contributed by atoms with Gasteiger partial charge in [0.2, 0.25) is 0 Å². The van der Waals surface area contributed by atoms with Gasteiger partial charge in [-0.2, -0.15) is 0 Å². The van der Waals surface area contributed by atoms with Gasteiger partial charge in [0, 0.05) is 6.54 Å². The molecule has 0 heterocycles. The first-order chi connectivity index (χ1) is 11.3. The Kier molecular flexibility index (Phi) is 7.56. The van der Waals surface area contributed by atoms with Crippen molar-refractivity contribution in [3.63, 3.8) is 0 Å². The maximum Gasteiger partial charge on any atom is 0.411 e. The van der Waals surface area contributed by atoms with Crippen molar-refractivity contribution in [2.45, 2.75) is 51.8 Å². The van der Waals surface area contributed by atoms with E-state index in [-0.39, 0.29) is 12.1 Å². The largest absolute Gasteiger partial charge is 0.497 e. The van der Waals surface area contributed by atoms with Crippen LogP contribution in [0, 0.1) is 0 Å². The van der Waals surface area contributed by atoms with E-state index in [1.165, 1.54) is 0 Å². The molecule has 4 nitrogen and oxygen atoms in total. The van der Waals surface area contributed by atoms with Gasteiger partial charge in [-0.3, -0.25) is 4.90 Å². The summed E-state index contributed by atoms with van der Waals surface area (Å²) < 4.78 is 10.7.